The maximum atomic E-state index is 13.2. The van der Waals surface area contributed by atoms with E-state index in [2.05, 4.69) is 20.9 Å². The third-order valence-corrected chi connectivity index (χ3v) is 3.83. The summed E-state index contributed by atoms with van der Waals surface area (Å²) in [6, 6.07) is 13.4. The summed E-state index contributed by atoms with van der Waals surface area (Å²) in [5.74, 6) is -0.143. The summed E-state index contributed by atoms with van der Waals surface area (Å²) >= 11 is 0. The van der Waals surface area contributed by atoms with Crippen LogP contribution >= 0.6 is 0 Å². The van der Waals surface area contributed by atoms with E-state index >= 15 is 0 Å². The number of imidazole rings is 1. The lowest BCUT2D eigenvalue weighted by Gasteiger charge is -2.07. The summed E-state index contributed by atoms with van der Waals surface area (Å²) in [5, 5.41) is 3.40. The monoisotopic (exact) mass is 297 g/mol. The first-order chi connectivity index (χ1) is 10.7. The number of benzene rings is 2. The van der Waals surface area contributed by atoms with Gasteiger partial charge < -0.3 is 9.88 Å². The average Bonchev–Trinajstić information content (AvgIpc) is 2.94. The van der Waals surface area contributed by atoms with Crippen molar-refractivity contribution in [3.05, 3.63) is 65.7 Å². The molecule has 114 valence electrons. The van der Waals surface area contributed by atoms with Crippen molar-refractivity contribution in [1.29, 1.82) is 0 Å². The molecule has 0 bridgehead atoms. The number of aryl methyl sites for hydroxylation is 2. The molecule has 4 heteroatoms. The van der Waals surface area contributed by atoms with E-state index in [0.717, 1.165) is 37.1 Å². The highest BCUT2D eigenvalue weighted by molar-refractivity contribution is 5.74. The predicted molar refractivity (Wildman–Crippen MR) is 87.2 cm³/mol. The molecule has 1 heterocycles. The van der Waals surface area contributed by atoms with Gasteiger partial charge in [0.25, 0.3) is 0 Å². The quantitative estimate of drug-likeness (QED) is 0.704. The van der Waals surface area contributed by atoms with Gasteiger partial charge in [0.05, 0.1) is 17.4 Å². The predicted octanol–water partition coefficient (Wildman–Crippen LogP) is 3.66. The van der Waals surface area contributed by atoms with Gasteiger partial charge in [-0.25, -0.2) is 9.37 Å². The normalized spacial score (nSPS) is 11.2. The number of fused-ring (bicyclic) bond motifs is 1. The Morgan fingerprint density at radius 1 is 1.18 bits per heavy atom. The molecule has 0 unspecified atom stereocenters. The number of rotatable bonds is 6. The Labute approximate surface area is 129 Å². The van der Waals surface area contributed by atoms with Crippen LogP contribution < -0.4 is 5.32 Å². The molecule has 3 rings (SSSR count). The van der Waals surface area contributed by atoms with Crippen LogP contribution in [0.2, 0.25) is 0 Å². The van der Waals surface area contributed by atoms with Crippen LogP contribution in [0.5, 0.6) is 0 Å². The van der Waals surface area contributed by atoms with Crippen LogP contribution in [0.4, 0.5) is 4.39 Å². The lowest BCUT2D eigenvalue weighted by molar-refractivity contribution is 0.586. The molecule has 3 nitrogen and oxygen atoms in total. The minimum absolute atomic E-state index is 0.143. The van der Waals surface area contributed by atoms with Gasteiger partial charge in [-0.3, -0.25) is 0 Å². The topological polar surface area (TPSA) is 29.9 Å². The van der Waals surface area contributed by atoms with Crippen molar-refractivity contribution in [1.82, 2.24) is 14.9 Å². The number of nitrogens with one attached hydrogen (secondary N) is 1. The van der Waals surface area contributed by atoms with Crippen molar-refractivity contribution in [3.8, 4) is 0 Å². The number of para-hydroxylation sites is 2. The van der Waals surface area contributed by atoms with Crippen molar-refractivity contribution in [3.63, 3.8) is 0 Å². The van der Waals surface area contributed by atoms with Gasteiger partial charge in [0.15, 0.2) is 0 Å². The van der Waals surface area contributed by atoms with Crippen LogP contribution in [-0.2, 0) is 13.1 Å². The minimum Gasteiger partial charge on any atom is -0.331 e. The standard InChI is InChI=1S/C18H20FN3/c1-14-11-15(7-8-16(14)19)12-20-9-4-10-22-13-21-17-5-2-3-6-18(17)22/h2-3,5-8,11,13,20H,4,9-10,12H2,1H3. The van der Waals surface area contributed by atoms with Crippen molar-refractivity contribution in [2.24, 2.45) is 0 Å². The largest absolute Gasteiger partial charge is 0.331 e. The second kappa shape index (κ2) is 6.71. The van der Waals surface area contributed by atoms with Crippen LogP contribution in [0.1, 0.15) is 17.5 Å². The molecule has 2 aromatic carbocycles. The number of hydrogen-bond donors (Lipinski definition) is 1. The van der Waals surface area contributed by atoms with E-state index < -0.39 is 0 Å². The third kappa shape index (κ3) is 3.34. The fraction of sp³-hybridized carbons (Fsp3) is 0.278. The Kier molecular flexibility index (Phi) is 4.49. The van der Waals surface area contributed by atoms with Crippen LogP contribution in [0.25, 0.3) is 11.0 Å². The van der Waals surface area contributed by atoms with Crippen LogP contribution in [0, 0.1) is 12.7 Å². The summed E-state index contributed by atoms with van der Waals surface area (Å²) < 4.78 is 15.4. The highest BCUT2D eigenvalue weighted by atomic mass is 19.1. The van der Waals surface area contributed by atoms with E-state index in [9.17, 15) is 4.39 Å². The molecule has 0 saturated heterocycles. The second-order valence-electron chi connectivity index (χ2n) is 5.54. The van der Waals surface area contributed by atoms with Gasteiger partial charge in [-0.15, -0.1) is 0 Å². The first-order valence-corrected chi connectivity index (χ1v) is 7.59. The Hall–Kier alpha value is -2.20. The van der Waals surface area contributed by atoms with E-state index in [-0.39, 0.29) is 5.82 Å². The van der Waals surface area contributed by atoms with Gasteiger partial charge in [-0.05, 0) is 49.2 Å². The fourth-order valence-electron chi connectivity index (χ4n) is 2.61. The molecule has 0 saturated carbocycles. The smallest absolute Gasteiger partial charge is 0.126 e. The van der Waals surface area contributed by atoms with E-state index in [1.165, 1.54) is 11.6 Å². The summed E-state index contributed by atoms with van der Waals surface area (Å²) in [5.41, 5.74) is 4.03. The summed E-state index contributed by atoms with van der Waals surface area (Å²) in [6.45, 7) is 4.42. The van der Waals surface area contributed by atoms with Gasteiger partial charge in [0, 0.05) is 13.1 Å². The molecule has 0 spiro atoms. The second-order valence-corrected chi connectivity index (χ2v) is 5.54. The van der Waals surface area contributed by atoms with Crippen LogP contribution in [0.3, 0.4) is 0 Å². The third-order valence-electron chi connectivity index (χ3n) is 3.83. The van der Waals surface area contributed by atoms with E-state index in [4.69, 9.17) is 0 Å². The zero-order valence-corrected chi connectivity index (χ0v) is 12.7. The molecular weight excluding hydrogens is 277 g/mol. The number of nitrogens with zero attached hydrogens (tertiary/aromatic N) is 2. The molecule has 0 atom stereocenters. The Morgan fingerprint density at radius 3 is 2.91 bits per heavy atom. The number of halogens is 1. The van der Waals surface area contributed by atoms with Crippen LogP contribution in [0.15, 0.2) is 48.8 Å². The molecule has 1 aromatic heterocycles. The van der Waals surface area contributed by atoms with Gasteiger partial charge >= 0.3 is 0 Å². The first-order valence-electron chi connectivity index (χ1n) is 7.59. The summed E-state index contributed by atoms with van der Waals surface area (Å²) in [6.07, 6.45) is 2.93. The van der Waals surface area contributed by atoms with Crippen LogP contribution in [-0.4, -0.2) is 16.1 Å². The summed E-state index contributed by atoms with van der Waals surface area (Å²) in [7, 11) is 0. The molecular formula is C18H20FN3. The zero-order valence-electron chi connectivity index (χ0n) is 12.7. The highest BCUT2D eigenvalue weighted by Crippen LogP contribution is 2.12. The SMILES string of the molecule is Cc1cc(CNCCCn2cnc3ccccc32)ccc1F. The Morgan fingerprint density at radius 2 is 2.05 bits per heavy atom. The minimum atomic E-state index is -0.143. The molecule has 0 fully saturated rings. The maximum absolute atomic E-state index is 13.2. The van der Waals surface area contributed by atoms with Gasteiger partial charge in [0.2, 0.25) is 0 Å². The molecule has 0 aliphatic rings. The number of aromatic nitrogens is 2. The summed E-state index contributed by atoms with van der Waals surface area (Å²) in [4.78, 5) is 4.39. The van der Waals surface area contributed by atoms with Gasteiger partial charge in [-0.2, -0.15) is 0 Å². The van der Waals surface area contributed by atoms with Gasteiger partial charge in [0.1, 0.15) is 5.82 Å². The van der Waals surface area contributed by atoms with Gasteiger partial charge in [-0.1, -0.05) is 24.3 Å². The Bertz CT molecular complexity index is 764. The average molecular weight is 297 g/mol. The van der Waals surface area contributed by atoms with E-state index in [1.807, 2.05) is 36.7 Å². The molecule has 22 heavy (non-hydrogen) atoms. The maximum Gasteiger partial charge on any atom is 0.126 e. The lowest BCUT2D eigenvalue weighted by Crippen LogP contribution is -2.16. The van der Waals surface area contributed by atoms with Crippen molar-refractivity contribution in [2.75, 3.05) is 6.54 Å². The van der Waals surface area contributed by atoms with Crippen molar-refractivity contribution < 1.29 is 4.39 Å². The molecule has 0 aliphatic carbocycles. The molecule has 0 amide bonds. The zero-order chi connectivity index (χ0) is 15.4. The first kappa shape index (κ1) is 14.7. The molecule has 3 aromatic rings. The lowest BCUT2D eigenvalue weighted by atomic mass is 10.1. The molecule has 0 radical (unpaired) electrons. The molecule has 1 N–H and O–H groups in total. The highest BCUT2D eigenvalue weighted by Gasteiger charge is 2.01. The Balaban J connectivity index is 1.46. The fourth-order valence-corrected chi connectivity index (χ4v) is 2.61. The molecule has 0 aliphatic heterocycles. The van der Waals surface area contributed by atoms with Crippen molar-refractivity contribution >= 4 is 11.0 Å². The van der Waals surface area contributed by atoms with Crippen molar-refractivity contribution in [2.45, 2.75) is 26.4 Å². The van der Waals surface area contributed by atoms with E-state index in [1.54, 1.807) is 6.92 Å². The number of hydrogen-bond acceptors (Lipinski definition) is 2. The van der Waals surface area contributed by atoms with E-state index in [0.29, 0.717) is 5.56 Å².